The van der Waals surface area contributed by atoms with Crippen molar-refractivity contribution in [2.24, 2.45) is 0 Å². The van der Waals surface area contributed by atoms with Crippen LogP contribution in [0.2, 0.25) is 0 Å². The first-order valence-electron chi connectivity index (χ1n) is 5.14. The molecule has 15 heavy (non-hydrogen) atoms. The average Bonchev–Trinajstić information content (AvgIpc) is 2.17. The van der Waals surface area contributed by atoms with Gasteiger partial charge in [-0.2, -0.15) is 0 Å². The van der Waals surface area contributed by atoms with Crippen LogP contribution in [0.15, 0.2) is 36.0 Å². The maximum absolute atomic E-state index is 10.7. The fourth-order valence-electron chi connectivity index (χ4n) is 1.02. The number of ether oxygens (including phenoxy) is 1. The molecule has 0 amide bonds. The van der Waals surface area contributed by atoms with E-state index in [1.165, 1.54) is 17.2 Å². The molecule has 0 aromatic carbocycles. The molecule has 0 saturated heterocycles. The lowest BCUT2D eigenvalue weighted by atomic mass is 10.1. The van der Waals surface area contributed by atoms with E-state index in [1.807, 2.05) is 13.0 Å². The predicted molar refractivity (Wildman–Crippen MR) is 63.6 cm³/mol. The molecule has 0 rings (SSSR count). The normalized spacial score (nSPS) is 10.7. The first-order chi connectivity index (χ1) is 7.06. The quantitative estimate of drug-likeness (QED) is 0.380. The SMILES string of the molecule is C=CC(=O)OC/C=C(/C)CCC=C(C)C. The lowest BCUT2D eigenvalue weighted by Crippen LogP contribution is -1.99. The first-order valence-corrected chi connectivity index (χ1v) is 5.14. The second kappa shape index (κ2) is 8.04. The maximum Gasteiger partial charge on any atom is 0.330 e. The fourth-order valence-corrected chi connectivity index (χ4v) is 1.02. The van der Waals surface area contributed by atoms with Crippen molar-refractivity contribution >= 4 is 5.97 Å². The van der Waals surface area contributed by atoms with E-state index in [-0.39, 0.29) is 5.97 Å². The molecule has 0 bridgehead atoms. The molecule has 0 radical (unpaired) electrons. The molecule has 0 spiro atoms. The zero-order valence-corrected chi connectivity index (χ0v) is 9.88. The van der Waals surface area contributed by atoms with Crippen LogP contribution in [-0.2, 0) is 9.53 Å². The molecule has 0 atom stereocenters. The van der Waals surface area contributed by atoms with E-state index in [0.717, 1.165) is 12.8 Å². The number of hydrogen-bond acceptors (Lipinski definition) is 2. The maximum atomic E-state index is 10.7. The van der Waals surface area contributed by atoms with Crippen LogP contribution in [0.1, 0.15) is 33.6 Å². The van der Waals surface area contributed by atoms with E-state index >= 15 is 0 Å². The number of esters is 1. The summed E-state index contributed by atoms with van der Waals surface area (Å²) in [6.07, 6.45) is 7.36. The minimum atomic E-state index is -0.372. The summed E-state index contributed by atoms with van der Waals surface area (Å²) in [6, 6.07) is 0. The van der Waals surface area contributed by atoms with Gasteiger partial charge in [-0.25, -0.2) is 4.79 Å². The van der Waals surface area contributed by atoms with Gasteiger partial charge in [0.05, 0.1) is 0 Å². The van der Waals surface area contributed by atoms with E-state index in [1.54, 1.807) is 0 Å². The minimum Gasteiger partial charge on any atom is -0.458 e. The molecule has 0 aromatic rings. The minimum absolute atomic E-state index is 0.339. The summed E-state index contributed by atoms with van der Waals surface area (Å²) in [6.45, 7) is 9.88. The highest BCUT2D eigenvalue weighted by atomic mass is 16.5. The second-order valence-electron chi connectivity index (χ2n) is 3.70. The summed E-state index contributed by atoms with van der Waals surface area (Å²) in [5, 5.41) is 0. The third-order valence-corrected chi connectivity index (χ3v) is 1.92. The number of allylic oxidation sites excluding steroid dienone is 3. The Labute approximate surface area is 92.3 Å². The predicted octanol–water partition coefficient (Wildman–Crippen LogP) is 3.41. The third-order valence-electron chi connectivity index (χ3n) is 1.92. The molecule has 2 heteroatoms. The van der Waals surface area contributed by atoms with Crippen molar-refractivity contribution in [3.8, 4) is 0 Å². The summed E-state index contributed by atoms with van der Waals surface area (Å²) < 4.78 is 4.84. The highest BCUT2D eigenvalue weighted by Crippen LogP contribution is 2.06. The van der Waals surface area contributed by atoms with Crippen LogP contribution >= 0.6 is 0 Å². The second-order valence-corrected chi connectivity index (χ2v) is 3.70. The fraction of sp³-hybridized carbons (Fsp3) is 0.462. The lowest BCUT2D eigenvalue weighted by molar-refractivity contribution is -0.136. The highest BCUT2D eigenvalue weighted by Gasteiger charge is 1.93. The van der Waals surface area contributed by atoms with Gasteiger partial charge in [0.15, 0.2) is 0 Å². The van der Waals surface area contributed by atoms with E-state index in [9.17, 15) is 4.79 Å². The van der Waals surface area contributed by atoms with E-state index in [0.29, 0.717) is 6.61 Å². The standard InChI is InChI=1S/C13H20O2/c1-5-13(14)15-10-9-12(4)8-6-7-11(2)3/h5,7,9H,1,6,8,10H2,2-4H3/b12-9-. The van der Waals surface area contributed by atoms with Crippen LogP contribution in [0.4, 0.5) is 0 Å². The molecule has 0 fully saturated rings. The molecule has 0 heterocycles. The van der Waals surface area contributed by atoms with E-state index in [4.69, 9.17) is 4.74 Å². The van der Waals surface area contributed by atoms with Crippen molar-refractivity contribution in [1.82, 2.24) is 0 Å². The van der Waals surface area contributed by atoms with Crippen LogP contribution in [0.25, 0.3) is 0 Å². The Morgan fingerprint density at radius 3 is 2.47 bits per heavy atom. The first kappa shape index (κ1) is 13.7. The van der Waals surface area contributed by atoms with Crippen LogP contribution < -0.4 is 0 Å². The van der Waals surface area contributed by atoms with Crippen LogP contribution in [-0.4, -0.2) is 12.6 Å². The molecule has 0 aromatic heterocycles. The van der Waals surface area contributed by atoms with Gasteiger partial charge in [-0.15, -0.1) is 0 Å². The molecule has 0 saturated carbocycles. The Morgan fingerprint density at radius 2 is 1.93 bits per heavy atom. The Bertz CT molecular complexity index is 268. The smallest absolute Gasteiger partial charge is 0.330 e. The zero-order valence-electron chi connectivity index (χ0n) is 9.88. The zero-order chi connectivity index (χ0) is 11.7. The van der Waals surface area contributed by atoms with Gasteiger partial charge in [0.2, 0.25) is 0 Å². The summed E-state index contributed by atoms with van der Waals surface area (Å²) in [5.41, 5.74) is 2.57. The van der Waals surface area contributed by atoms with Crippen molar-refractivity contribution in [2.75, 3.05) is 6.61 Å². The van der Waals surface area contributed by atoms with Crippen molar-refractivity contribution in [2.45, 2.75) is 33.6 Å². The summed E-state index contributed by atoms with van der Waals surface area (Å²) in [4.78, 5) is 10.7. The number of carbonyl (C=O) groups is 1. The molecule has 84 valence electrons. The molecule has 0 aliphatic rings. The molecular formula is C13H20O2. The highest BCUT2D eigenvalue weighted by molar-refractivity contribution is 5.81. The van der Waals surface area contributed by atoms with Gasteiger partial charge in [-0.3, -0.25) is 0 Å². The Morgan fingerprint density at radius 1 is 1.27 bits per heavy atom. The largest absolute Gasteiger partial charge is 0.458 e. The summed E-state index contributed by atoms with van der Waals surface area (Å²) in [7, 11) is 0. The summed E-state index contributed by atoms with van der Waals surface area (Å²) >= 11 is 0. The Hall–Kier alpha value is -1.31. The van der Waals surface area contributed by atoms with E-state index < -0.39 is 0 Å². The molecule has 0 unspecified atom stereocenters. The van der Waals surface area contributed by atoms with Gasteiger partial charge in [-0.1, -0.05) is 23.8 Å². The van der Waals surface area contributed by atoms with Crippen molar-refractivity contribution < 1.29 is 9.53 Å². The Kier molecular flexibility index (Phi) is 7.33. The van der Waals surface area contributed by atoms with Crippen molar-refractivity contribution in [3.63, 3.8) is 0 Å². The molecular weight excluding hydrogens is 188 g/mol. The van der Waals surface area contributed by atoms with Crippen LogP contribution in [0.3, 0.4) is 0 Å². The van der Waals surface area contributed by atoms with Gasteiger partial charge in [0, 0.05) is 6.08 Å². The number of rotatable bonds is 6. The average molecular weight is 208 g/mol. The monoisotopic (exact) mass is 208 g/mol. The van der Waals surface area contributed by atoms with Crippen LogP contribution in [0, 0.1) is 0 Å². The van der Waals surface area contributed by atoms with Gasteiger partial charge >= 0.3 is 5.97 Å². The van der Waals surface area contributed by atoms with Crippen molar-refractivity contribution in [3.05, 3.63) is 36.0 Å². The summed E-state index contributed by atoms with van der Waals surface area (Å²) in [5.74, 6) is -0.372. The van der Waals surface area contributed by atoms with E-state index in [2.05, 4.69) is 26.5 Å². The molecule has 0 aliphatic carbocycles. The molecule has 2 nitrogen and oxygen atoms in total. The van der Waals surface area contributed by atoms with Crippen LogP contribution in [0.5, 0.6) is 0 Å². The van der Waals surface area contributed by atoms with Crippen molar-refractivity contribution in [1.29, 1.82) is 0 Å². The Balaban J connectivity index is 3.74. The molecule has 0 aliphatic heterocycles. The van der Waals surface area contributed by atoms with Gasteiger partial charge in [0.25, 0.3) is 0 Å². The lowest BCUT2D eigenvalue weighted by Gasteiger charge is -2.00. The number of hydrogen-bond donors (Lipinski definition) is 0. The topological polar surface area (TPSA) is 26.3 Å². The number of carbonyl (C=O) groups excluding carboxylic acids is 1. The van der Waals surface area contributed by atoms with Gasteiger partial charge in [0.1, 0.15) is 6.61 Å². The van der Waals surface area contributed by atoms with Gasteiger partial charge in [-0.05, 0) is 39.7 Å². The van der Waals surface area contributed by atoms with Gasteiger partial charge < -0.3 is 4.74 Å². The third kappa shape index (κ3) is 9.01. The molecule has 0 N–H and O–H groups in total.